The average molecular weight is 389 g/mol. The van der Waals surface area contributed by atoms with Gasteiger partial charge < -0.3 is 14.5 Å². The predicted molar refractivity (Wildman–Crippen MR) is 109 cm³/mol. The van der Waals surface area contributed by atoms with Gasteiger partial charge >= 0.3 is 0 Å². The third kappa shape index (κ3) is 4.74. The number of rotatable bonds is 9. The number of ether oxygens (including phenoxy) is 2. The number of nitrogens with zero attached hydrogens (tertiary/aromatic N) is 1. The van der Waals surface area contributed by atoms with E-state index in [4.69, 9.17) is 21.1 Å². The van der Waals surface area contributed by atoms with Crippen molar-refractivity contribution in [1.82, 2.24) is 9.97 Å². The summed E-state index contributed by atoms with van der Waals surface area (Å²) in [5.41, 5.74) is 3.04. The zero-order chi connectivity index (χ0) is 18.4. The Labute approximate surface area is 162 Å². The molecule has 26 heavy (non-hydrogen) atoms. The average Bonchev–Trinajstić information content (AvgIpc) is 3.04. The Morgan fingerprint density at radius 3 is 2.92 bits per heavy atom. The van der Waals surface area contributed by atoms with Gasteiger partial charge in [0.1, 0.15) is 0 Å². The van der Waals surface area contributed by atoms with E-state index in [0.717, 1.165) is 51.8 Å². The molecule has 2 aromatic carbocycles. The van der Waals surface area contributed by atoms with E-state index < -0.39 is 0 Å². The van der Waals surface area contributed by atoms with E-state index in [9.17, 15) is 0 Å². The Kier molecular flexibility index (Phi) is 6.47. The maximum Gasteiger partial charge on any atom is 0.166 e. The molecule has 0 radical (unpaired) electrons. The topological polar surface area (TPSA) is 47.1 Å². The van der Waals surface area contributed by atoms with Crippen LogP contribution in [0.15, 0.2) is 54.2 Å². The number of aromatic amines is 1. The van der Waals surface area contributed by atoms with Crippen LogP contribution in [0.3, 0.4) is 0 Å². The largest absolute Gasteiger partial charge is 0.493 e. The molecule has 0 fully saturated rings. The molecule has 0 unspecified atom stereocenters. The van der Waals surface area contributed by atoms with Crippen LogP contribution in [0.5, 0.6) is 11.5 Å². The first kappa shape index (κ1) is 18.7. The molecule has 0 saturated heterocycles. The minimum atomic E-state index is 0.621. The van der Waals surface area contributed by atoms with Gasteiger partial charge in [0.2, 0.25) is 0 Å². The second-order valence-corrected chi connectivity index (χ2v) is 7.25. The predicted octanol–water partition coefficient (Wildman–Crippen LogP) is 5.51. The summed E-state index contributed by atoms with van der Waals surface area (Å²) in [6.45, 7) is 4.38. The maximum absolute atomic E-state index is 6.00. The summed E-state index contributed by atoms with van der Waals surface area (Å²) < 4.78 is 11.3. The van der Waals surface area contributed by atoms with E-state index in [1.807, 2.05) is 42.5 Å². The number of hydrogen-bond donors (Lipinski definition) is 1. The van der Waals surface area contributed by atoms with E-state index >= 15 is 0 Å². The number of benzene rings is 2. The molecule has 4 nitrogen and oxygen atoms in total. The van der Waals surface area contributed by atoms with Crippen molar-refractivity contribution in [3.05, 3.63) is 59.6 Å². The fourth-order valence-electron chi connectivity index (χ4n) is 2.56. The number of methoxy groups -OCH3 is 1. The Balaban J connectivity index is 1.48. The van der Waals surface area contributed by atoms with E-state index in [0.29, 0.717) is 11.6 Å². The monoisotopic (exact) mass is 388 g/mol. The second-order valence-electron chi connectivity index (χ2n) is 5.73. The number of halogens is 1. The lowest BCUT2D eigenvalue weighted by atomic mass is 10.1. The number of hydrogen-bond acceptors (Lipinski definition) is 4. The molecule has 136 valence electrons. The molecule has 0 aliphatic heterocycles. The molecule has 1 N–H and O–H groups in total. The molecule has 0 atom stereocenters. The maximum atomic E-state index is 6.00. The number of H-pyrrole nitrogens is 1. The van der Waals surface area contributed by atoms with Crippen LogP contribution in [0.1, 0.15) is 12.0 Å². The van der Waals surface area contributed by atoms with Crippen LogP contribution in [0.2, 0.25) is 5.02 Å². The van der Waals surface area contributed by atoms with Gasteiger partial charge in [0, 0.05) is 10.8 Å². The van der Waals surface area contributed by atoms with Crippen molar-refractivity contribution in [3.8, 4) is 11.5 Å². The van der Waals surface area contributed by atoms with Gasteiger partial charge in [-0.25, -0.2) is 4.98 Å². The normalized spacial score (nSPS) is 10.8. The smallest absolute Gasteiger partial charge is 0.166 e. The number of nitrogens with one attached hydrogen (secondary N) is 1. The third-order valence-corrected chi connectivity index (χ3v) is 5.01. The van der Waals surface area contributed by atoms with Crippen molar-refractivity contribution in [1.29, 1.82) is 0 Å². The van der Waals surface area contributed by atoms with Gasteiger partial charge in [-0.2, -0.15) is 0 Å². The van der Waals surface area contributed by atoms with E-state index in [-0.39, 0.29) is 0 Å². The van der Waals surface area contributed by atoms with Gasteiger partial charge in [0.15, 0.2) is 16.7 Å². The highest BCUT2D eigenvalue weighted by Gasteiger charge is 2.07. The summed E-state index contributed by atoms with van der Waals surface area (Å²) in [5.74, 6) is 2.43. The standard InChI is InChI=1S/C20H21ClN2O2S/c1-3-5-14-6-9-18(19(12-14)24-2)25-10-4-11-26-20-22-16-8-7-15(21)13-17(16)23-20/h3,6-9,12-13H,1,4-5,10-11H2,2H3,(H,22,23). The molecule has 0 aliphatic carbocycles. The molecule has 3 aromatic rings. The Morgan fingerprint density at radius 2 is 2.12 bits per heavy atom. The van der Waals surface area contributed by atoms with Gasteiger partial charge in [0.05, 0.1) is 24.8 Å². The third-order valence-electron chi connectivity index (χ3n) is 3.82. The summed E-state index contributed by atoms with van der Waals surface area (Å²) in [6, 6.07) is 11.6. The lowest BCUT2D eigenvalue weighted by Crippen LogP contribution is -2.01. The van der Waals surface area contributed by atoms with Crippen LogP contribution in [0.25, 0.3) is 11.0 Å². The molecule has 1 aromatic heterocycles. The van der Waals surface area contributed by atoms with E-state index in [1.54, 1.807) is 18.9 Å². The number of aromatic nitrogens is 2. The van der Waals surface area contributed by atoms with Gasteiger partial charge in [-0.3, -0.25) is 0 Å². The lowest BCUT2D eigenvalue weighted by Gasteiger charge is -2.11. The van der Waals surface area contributed by atoms with Crippen LogP contribution in [0, 0.1) is 0 Å². The summed E-state index contributed by atoms with van der Waals surface area (Å²) >= 11 is 7.67. The highest BCUT2D eigenvalue weighted by molar-refractivity contribution is 7.99. The molecule has 1 heterocycles. The van der Waals surface area contributed by atoms with Crippen LogP contribution >= 0.6 is 23.4 Å². The van der Waals surface area contributed by atoms with Gasteiger partial charge in [-0.1, -0.05) is 35.5 Å². The number of fused-ring (bicyclic) bond motifs is 1. The van der Waals surface area contributed by atoms with Crippen molar-refractivity contribution < 1.29 is 9.47 Å². The van der Waals surface area contributed by atoms with Crippen molar-refractivity contribution in [2.24, 2.45) is 0 Å². The summed E-state index contributed by atoms with van der Waals surface area (Å²) in [4.78, 5) is 7.82. The molecule has 6 heteroatoms. The van der Waals surface area contributed by atoms with Gasteiger partial charge in [-0.05, 0) is 48.7 Å². The fourth-order valence-corrected chi connectivity index (χ4v) is 3.53. The first-order valence-electron chi connectivity index (χ1n) is 8.38. The molecule has 0 amide bonds. The fraction of sp³-hybridized carbons (Fsp3) is 0.250. The second kappa shape index (κ2) is 9.01. The molecular formula is C20H21ClN2O2S. The Morgan fingerprint density at radius 1 is 1.23 bits per heavy atom. The molecule has 0 bridgehead atoms. The van der Waals surface area contributed by atoms with E-state index in [2.05, 4.69) is 16.5 Å². The van der Waals surface area contributed by atoms with Crippen LogP contribution in [-0.4, -0.2) is 29.4 Å². The molecule has 0 spiro atoms. The van der Waals surface area contributed by atoms with E-state index in [1.165, 1.54) is 0 Å². The molecule has 3 rings (SSSR count). The first-order chi connectivity index (χ1) is 12.7. The first-order valence-corrected chi connectivity index (χ1v) is 9.74. The Bertz CT molecular complexity index is 895. The molecule has 0 aliphatic rings. The molecular weight excluding hydrogens is 368 g/mol. The molecule has 0 saturated carbocycles. The zero-order valence-corrected chi connectivity index (χ0v) is 16.2. The number of thioether (sulfide) groups is 1. The lowest BCUT2D eigenvalue weighted by molar-refractivity contribution is 0.295. The van der Waals surface area contributed by atoms with Crippen molar-refractivity contribution in [2.45, 2.75) is 18.0 Å². The van der Waals surface area contributed by atoms with Crippen molar-refractivity contribution in [3.63, 3.8) is 0 Å². The number of imidazole rings is 1. The quantitative estimate of drug-likeness (QED) is 0.298. The SMILES string of the molecule is C=CCc1ccc(OCCCSc2nc3ccc(Cl)cc3[nH]2)c(OC)c1. The minimum Gasteiger partial charge on any atom is -0.493 e. The van der Waals surface area contributed by atoms with Crippen molar-refractivity contribution in [2.75, 3.05) is 19.5 Å². The van der Waals surface area contributed by atoms with Crippen molar-refractivity contribution >= 4 is 34.4 Å². The highest BCUT2D eigenvalue weighted by Crippen LogP contribution is 2.29. The highest BCUT2D eigenvalue weighted by atomic mass is 35.5. The minimum absolute atomic E-state index is 0.621. The van der Waals surface area contributed by atoms with Crippen LogP contribution < -0.4 is 9.47 Å². The Hall–Kier alpha value is -2.11. The zero-order valence-electron chi connectivity index (χ0n) is 14.6. The van der Waals surface area contributed by atoms with Gasteiger partial charge in [-0.15, -0.1) is 6.58 Å². The number of allylic oxidation sites excluding steroid dienone is 1. The van der Waals surface area contributed by atoms with Crippen LogP contribution in [-0.2, 0) is 6.42 Å². The summed E-state index contributed by atoms with van der Waals surface area (Å²) in [7, 11) is 1.66. The summed E-state index contributed by atoms with van der Waals surface area (Å²) in [6.07, 6.45) is 3.59. The summed E-state index contributed by atoms with van der Waals surface area (Å²) in [5, 5.41) is 1.60. The van der Waals surface area contributed by atoms with Crippen LogP contribution in [0.4, 0.5) is 0 Å². The van der Waals surface area contributed by atoms with Gasteiger partial charge in [0.25, 0.3) is 0 Å².